The molecule has 0 bridgehead atoms. The van der Waals surface area contributed by atoms with Crippen molar-refractivity contribution in [2.75, 3.05) is 5.88 Å². The summed E-state index contributed by atoms with van der Waals surface area (Å²) in [4.78, 5) is 0. The molecule has 0 N–H and O–H groups in total. The number of alkyl halides is 1. The van der Waals surface area contributed by atoms with E-state index in [2.05, 4.69) is 26.2 Å². The lowest BCUT2D eigenvalue weighted by atomic mass is 10.2. The second-order valence-corrected chi connectivity index (χ2v) is 5.23. The van der Waals surface area contributed by atoms with Gasteiger partial charge in [0.25, 0.3) is 0 Å². The lowest BCUT2D eigenvalue weighted by Crippen LogP contribution is -2.02. The number of hydrogen-bond acceptors (Lipinski definition) is 2. The van der Waals surface area contributed by atoms with Crippen LogP contribution in [0.5, 0.6) is 0 Å². The lowest BCUT2D eigenvalue weighted by Gasteiger charge is -2.03. The van der Waals surface area contributed by atoms with Crippen molar-refractivity contribution in [2.45, 2.75) is 19.4 Å². The highest BCUT2D eigenvalue weighted by Gasteiger charge is 2.06. The summed E-state index contributed by atoms with van der Waals surface area (Å²) in [6.45, 7) is 0.374. The van der Waals surface area contributed by atoms with Gasteiger partial charge in [-0.05, 0) is 31.0 Å². The van der Waals surface area contributed by atoms with Crippen LogP contribution < -0.4 is 0 Å². The van der Waals surface area contributed by atoms with Gasteiger partial charge in [-0.1, -0.05) is 21.1 Å². The summed E-state index contributed by atoms with van der Waals surface area (Å²) < 4.78 is 16.0. The van der Waals surface area contributed by atoms with E-state index in [9.17, 15) is 4.39 Å². The maximum atomic E-state index is 13.6. The molecule has 0 radical (unpaired) electrons. The second kappa shape index (κ2) is 6.29. The van der Waals surface area contributed by atoms with Crippen LogP contribution in [0, 0.1) is 5.82 Å². The molecule has 0 saturated carbocycles. The van der Waals surface area contributed by atoms with Crippen molar-refractivity contribution in [1.82, 2.24) is 15.0 Å². The van der Waals surface area contributed by atoms with Crippen LogP contribution in [0.3, 0.4) is 0 Å². The van der Waals surface area contributed by atoms with Crippen molar-refractivity contribution in [3.05, 3.63) is 45.9 Å². The Bertz CT molecular complexity index is 530. The first kappa shape index (κ1) is 13.5. The Kier molecular flexibility index (Phi) is 4.72. The van der Waals surface area contributed by atoms with Gasteiger partial charge >= 0.3 is 0 Å². The van der Waals surface area contributed by atoms with Crippen molar-refractivity contribution < 1.29 is 4.39 Å². The molecule has 3 nitrogen and oxygen atoms in total. The summed E-state index contributed by atoms with van der Waals surface area (Å²) >= 11 is 8.94. The Morgan fingerprint density at radius 1 is 1.39 bits per heavy atom. The molecule has 96 valence electrons. The summed E-state index contributed by atoms with van der Waals surface area (Å²) in [5, 5.41) is 8.00. The molecule has 0 fully saturated rings. The highest BCUT2D eigenvalue weighted by atomic mass is 79.9. The largest absolute Gasteiger partial charge is 0.248 e. The van der Waals surface area contributed by atoms with E-state index < -0.39 is 0 Å². The molecule has 0 aliphatic carbocycles. The maximum absolute atomic E-state index is 13.6. The zero-order valence-corrected chi connectivity index (χ0v) is 12.0. The summed E-state index contributed by atoms with van der Waals surface area (Å²) in [5.74, 6) is 0.364. The molecule has 0 amide bonds. The number of rotatable bonds is 5. The van der Waals surface area contributed by atoms with Gasteiger partial charge in [-0.2, -0.15) is 0 Å². The first-order valence-corrected chi connectivity index (χ1v) is 6.90. The Balaban J connectivity index is 2.08. The first-order chi connectivity index (χ1) is 8.69. The molecular formula is C12H12BrClFN3. The fourth-order valence-electron chi connectivity index (χ4n) is 1.62. The van der Waals surface area contributed by atoms with E-state index in [-0.39, 0.29) is 5.82 Å². The van der Waals surface area contributed by atoms with Gasteiger partial charge in [0.2, 0.25) is 0 Å². The highest BCUT2D eigenvalue weighted by Crippen LogP contribution is 2.16. The van der Waals surface area contributed by atoms with Crippen molar-refractivity contribution in [1.29, 1.82) is 0 Å². The quantitative estimate of drug-likeness (QED) is 0.786. The lowest BCUT2D eigenvalue weighted by molar-refractivity contribution is 0.576. The van der Waals surface area contributed by atoms with E-state index in [1.54, 1.807) is 16.8 Å². The summed E-state index contributed by atoms with van der Waals surface area (Å²) in [5.41, 5.74) is 1.46. The Morgan fingerprint density at radius 2 is 2.22 bits per heavy atom. The Labute approximate surface area is 118 Å². The van der Waals surface area contributed by atoms with Gasteiger partial charge < -0.3 is 0 Å². The number of nitrogens with zero attached hydrogens (tertiary/aromatic N) is 3. The van der Waals surface area contributed by atoms with Gasteiger partial charge in [-0.3, -0.25) is 0 Å². The van der Waals surface area contributed by atoms with Crippen LogP contribution in [0.25, 0.3) is 0 Å². The minimum Gasteiger partial charge on any atom is -0.248 e. The van der Waals surface area contributed by atoms with E-state index in [1.165, 1.54) is 6.07 Å². The van der Waals surface area contributed by atoms with Gasteiger partial charge in [-0.25, -0.2) is 9.07 Å². The highest BCUT2D eigenvalue weighted by molar-refractivity contribution is 9.10. The average molecular weight is 333 g/mol. The maximum Gasteiger partial charge on any atom is 0.128 e. The van der Waals surface area contributed by atoms with Gasteiger partial charge in [0.15, 0.2) is 0 Å². The molecule has 1 aromatic carbocycles. The first-order valence-electron chi connectivity index (χ1n) is 5.58. The average Bonchev–Trinajstić information content (AvgIpc) is 2.79. The van der Waals surface area contributed by atoms with Crippen molar-refractivity contribution in [3.8, 4) is 0 Å². The molecule has 18 heavy (non-hydrogen) atoms. The minimum absolute atomic E-state index is 0.240. The third-order valence-electron chi connectivity index (χ3n) is 2.49. The fourth-order valence-corrected chi connectivity index (χ4v) is 2.16. The zero-order valence-electron chi connectivity index (χ0n) is 9.61. The van der Waals surface area contributed by atoms with Crippen molar-refractivity contribution in [3.63, 3.8) is 0 Å². The van der Waals surface area contributed by atoms with E-state index in [4.69, 9.17) is 11.6 Å². The predicted octanol–water partition coefficient (Wildman–Crippen LogP) is 3.40. The molecule has 0 spiro atoms. The molecule has 6 heteroatoms. The molecule has 2 rings (SSSR count). The van der Waals surface area contributed by atoms with Crippen LogP contribution in [0.1, 0.15) is 17.7 Å². The van der Waals surface area contributed by atoms with Crippen LogP contribution in [-0.2, 0) is 13.0 Å². The summed E-state index contributed by atoms with van der Waals surface area (Å²) in [7, 11) is 0. The molecular weight excluding hydrogens is 321 g/mol. The normalized spacial score (nSPS) is 10.8. The van der Waals surface area contributed by atoms with Gasteiger partial charge in [-0.15, -0.1) is 16.7 Å². The van der Waals surface area contributed by atoms with Gasteiger partial charge in [0, 0.05) is 22.1 Å². The second-order valence-electron chi connectivity index (χ2n) is 3.94. The third-order valence-corrected chi connectivity index (χ3v) is 3.25. The Hall–Kier alpha value is -0.940. The van der Waals surface area contributed by atoms with Gasteiger partial charge in [0.05, 0.1) is 12.2 Å². The van der Waals surface area contributed by atoms with Crippen molar-refractivity contribution >= 4 is 27.5 Å². The van der Waals surface area contributed by atoms with Crippen LogP contribution in [0.15, 0.2) is 28.9 Å². The number of halogens is 3. The van der Waals surface area contributed by atoms with Crippen LogP contribution in [0.4, 0.5) is 4.39 Å². The molecule has 2 aromatic rings. The molecule has 0 unspecified atom stereocenters. The number of aryl methyl sites for hydroxylation is 1. The van der Waals surface area contributed by atoms with E-state index in [0.29, 0.717) is 18.0 Å². The van der Waals surface area contributed by atoms with Crippen LogP contribution in [-0.4, -0.2) is 20.9 Å². The van der Waals surface area contributed by atoms with Crippen LogP contribution >= 0.6 is 27.5 Å². The molecule has 0 aliphatic rings. The zero-order chi connectivity index (χ0) is 13.0. The smallest absolute Gasteiger partial charge is 0.128 e. The van der Waals surface area contributed by atoms with Gasteiger partial charge in [0.1, 0.15) is 5.82 Å². The fraction of sp³-hybridized carbons (Fsp3) is 0.333. The number of aromatic nitrogens is 3. The number of hydrogen-bond donors (Lipinski definition) is 0. The standard InChI is InChI=1S/C12H12BrClFN3/c13-10-3-4-12(15)9(6-10)7-18-8-11(16-17-18)2-1-5-14/h3-4,6,8H,1-2,5,7H2. The van der Waals surface area contributed by atoms with E-state index in [1.807, 2.05) is 6.20 Å². The Morgan fingerprint density at radius 3 is 3.00 bits per heavy atom. The third kappa shape index (κ3) is 3.53. The summed E-state index contributed by atoms with van der Waals surface area (Å²) in [6, 6.07) is 4.85. The predicted molar refractivity (Wildman–Crippen MR) is 72.3 cm³/mol. The SMILES string of the molecule is Fc1ccc(Br)cc1Cn1cc(CCCCl)nn1. The van der Waals surface area contributed by atoms with E-state index in [0.717, 1.165) is 23.0 Å². The molecule has 1 heterocycles. The molecule has 0 aliphatic heterocycles. The van der Waals surface area contributed by atoms with Crippen molar-refractivity contribution in [2.24, 2.45) is 0 Å². The number of benzene rings is 1. The van der Waals surface area contributed by atoms with Crippen LogP contribution in [0.2, 0.25) is 0 Å². The monoisotopic (exact) mass is 331 g/mol. The molecule has 0 saturated heterocycles. The molecule has 1 aromatic heterocycles. The summed E-state index contributed by atoms with van der Waals surface area (Å²) in [6.07, 6.45) is 3.49. The molecule has 0 atom stereocenters. The topological polar surface area (TPSA) is 30.7 Å². The van der Waals surface area contributed by atoms with E-state index >= 15 is 0 Å². The minimum atomic E-state index is -0.240.